The molecule has 0 aromatic heterocycles. The van der Waals surface area contributed by atoms with Gasteiger partial charge in [0.15, 0.2) is 0 Å². The first kappa shape index (κ1) is 15.0. The van der Waals surface area contributed by atoms with Gasteiger partial charge in [-0.25, -0.2) is 0 Å². The van der Waals surface area contributed by atoms with E-state index in [0.717, 1.165) is 31.6 Å². The van der Waals surface area contributed by atoms with Gasteiger partial charge >= 0.3 is 7.05 Å². The molecule has 0 radical (unpaired) electrons. The molecule has 0 aliphatic carbocycles. The van der Waals surface area contributed by atoms with Crippen LogP contribution >= 0.6 is 0 Å². The summed E-state index contributed by atoms with van der Waals surface area (Å²) in [7, 11) is 1.54. The molecule has 5 heteroatoms. The van der Waals surface area contributed by atoms with E-state index in [4.69, 9.17) is 5.11 Å². The molecule has 1 aromatic rings. The smallest absolute Gasteiger partial charge is 0.406 e. The third kappa shape index (κ3) is 6.05. The van der Waals surface area contributed by atoms with Gasteiger partial charge in [-0.15, -0.1) is 0 Å². The molecule has 100 valence electrons. The van der Waals surface area contributed by atoms with Gasteiger partial charge < -0.3 is 20.3 Å². The van der Waals surface area contributed by atoms with Crippen LogP contribution in [0.1, 0.15) is 12.0 Å². The highest BCUT2D eigenvalue weighted by molar-refractivity contribution is 6.52. The van der Waals surface area contributed by atoms with Crippen molar-refractivity contribution in [3.63, 3.8) is 0 Å². The number of aliphatic hydroxyl groups excluding tert-OH is 1. The molecule has 1 aromatic carbocycles. The average molecular weight is 250 g/mol. The fourth-order valence-corrected chi connectivity index (χ4v) is 1.78. The SMILES string of the molecule is CB(O)Nc1ccc(CCN(C)CCCO)cc1. The first-order valence-electron chi connectivity index (χ1n) is 6.45. The normalized spacial score (nSPS) is 10.7. The Balaban J connectivity index is 2.34. The Labute approximate surface area is 110 Å². The summed E-state index contributed by atoms with van der Waals surface area (Å²) in [6.07, 6.45) is 1.82. The van der Waals surface area contributed by atoms with E-state index in [9.17, 15) is 5.02 Å². The van der Waals surface area contributed by atoms with Crippen LogP contribution in [0, 0.1) is 0 Å². The number of hydrogen-bond acceptors (Lipinski definition) is 4. The van der Waals surface area contributed by atoms with Gasteiger partial charge in [-0.3, -0.25) is 0 Å². The highest BCUT2D eigenvalue weighted by atomic mass is 16.3. The summed E-state index contributed by atoms with van der Waals surface area (Å²) >= 11 is 0. The third-order valence-electron chi connectivity index (χ3n) is 2.81. The summed E-state index contributed by atoms with van der Waals surface area (Å²) in [6.45, 7) is 3.87. The van der Waals surface area contributed by atoms with E-state index in [1.165, 1.54) is 5.56 Å². The number of rotatable bonds is 8. The monoisotopic (exact) mass is 250 g/mol. The Bertz CT molecular complexity index is 330. The number of likely N-dealkylation sites (N-methyl/N-ethyl adjacent to an activating group) is 1. The van der Waals surface area contributed by atoms with Gasteiger partial charge in [0.2, 0.25) is 0 Å². The van der Waals surface area contributed by atoms with Crippen LogP contribution in [0.25, 0.3) is 0 Å². The molecule has 1 rings (SSSR count). The van der Waals surface area contributed by atoms with Crippen LogP contribution in [-0.4, -0.2) is 48.8 Å². The lowest BCUT2D eigenvalue weighted by atomic mass is 9.88. The summed E-state index contributed by atoms with van der Waals surface area (Å²) in [5, 5.41) is 20.9. The molecule has 0 bridgehead atoms. The number of aliphatic hydroxyl groups is 1. The van der Waals surface area contributed by atoms with Gasteiger partial charge in [0, 0.05) is 25.4 Å². The molecule has 0 unspecified atom stereocenters. The molecule has 0 spiro atoms. The van der Waals surface area contributed by atoms with Crippen LogP contribution in [0.2, 0.25) is 6.82 Å². The van der Waals surface area contributed by atoms with E-state index in [-0.39, 0.29) is 6.61 Å². The summed E-state index contributed by atoms with van der Waals surface area (Å²) in [4.78, 5) is 2.22. The second-order valence-electron chi connectivity index (χ2n) is 4.65. The van der Waals surface area contributed by atoms with Crippen molar-refractivity contribution in [1.82, 2.24) is 4.90 Å². The highest BCUT2D eigenvalue weighted by Gasteiger charge is 2.03. The van der Waals surface area contributed by atoms with Gasteiger partial charge in [-0.05, 0) is 44.4 Å². The Hall–Kier alpha value is -1.04. The first-order valence-corrected chi connectivity index (χ1v) is 6.45. The second kappa shape index (κ2) is 8.13. The van der Waals surface area contributed by atoms with E-state index in [0.29, 0.717) is 0 Å². The first-order chi connectivity index (χ1) is 8.61. The Morgan fingerprint density at radius 1 is 1.22 bits per heavy atom. The Morgan fingerprint density at radius 2 is 1.89 bits per heavy atom. The van der Waals surface area contributed by atoms with E-state index in [2.05, 4.69) is 29.3 Å². The Kier molecular flexibility index (Phi) is 6.79. The molecule has 0 amide bonds. The standard InChI is InChI=1S/C13H23BN2O2/c1-14(18)15-13-6-4-12(5-7-13)8-10-16(2)9-3-11-17/h4-7,15,17-18H,3,8-11H2,1-2H3. The van der Waals surface area contributed by atoms with Crippen molar-refractivity contribution >= 4 is 12.7 Å². The minimum atomic E-state index is -0.527. The molecular weight excluding hydrogens is 227 g/mol. The van der Waals surface area contributed by atoms with Crippen LogP contribution < -0.4 is 5.23 Å². The highest BCUT2D eigenvalue weighted by Crippen LogP contribution is 2.10. The van der Waals surface area contributed by atoms with Crippen molar-refractivity contribution in [1.29, 1.82) is 0 Å². The van der Waals surface area contributed by atoms with E-state index >= 15 is 0 Å². The van der Waals surface area contributed by atoms with E-state index in [1.807, 2.05) is 12.1 Å². The summed E-state index contributed by atoms with van der Waals surface area (Å²) in [5.41, 5.74) is 2.21. The summed E-state index contributed by atoms with van der Waals surface area (Å²) in [6, 6.07) is 8.11. The lowest BCUT2D eigenvalue weighted by molar-refractivity contribution is 0.248. The van der Waals surface area contributed by atoms with Crippen molar-refractivity contribution in [3.8, 4) is 0 Å². The molecule has 0 saturated heterocycles. The van der Waals surface area contributed by atoms with Gasteiger partial charge in [0.25, 0.3) is 0 Å². The molecule has 0 saturated carbocycles. The van der Waals surface area contributed by atoms with Crippen molar-refractivity contribution in [3.05, 3.63) is 29.8 Å². The minimum Gasteiger partial charge on any atom is -0.433 e. The van der Waals surface area contributed by atoms with Gasteiger partial charge in [0.1, 0.15) is 0 Å². The van der Waals surface area contributed by atoms with Gasteiger partial charge in [-0.2, -0.15) is 0 Å². The molecule has 0 aliphatic heterocycles. The zero-order chi connectivity index (χ0) is 13.4. The number of benzene rings is 1. The molecule has 0 heterocycles. The molecule has 0 atom stereocenters. The lowest BCUT2D eigenvalue weighted by Crippen LogP contribution is -2.23. The average Bonchev–Trinajstić information content (AvgIpc) is 2.35. The zero-order valence-electron chi connectivity index (χ0n) is 11.3. The zero-order valence-corrected chi connectivity index (χ0v) is 11.3. The van der Waals surface area contributed by atoms with E-state index in [1.54, 1.807) is 6.82 Å². The second-order valence-corrected chi connectivity index (χ2v) is 4.65. The maximum atomic E-state index is 9.20. The number of hydrogen-bond donors (Lipinski definition) is 3. The van der Waals surface area contributed by atoms with Crippen molar-refractivity contribution < 1.29 is 10.1 Å². The third-order valence-corrected chi connectivity index (χ3v) is 2.81. The molecule has 4 nitrogen and oxygen atoms in total. The molecule has 0 aliphatic rings. The predicted molar refractivity (Wildman–Crippen MR) is 76.8 cm³/mol. The fourth-order valence-electron chi connectivity index (χ4n) is 1.78. The fraction of sp³-hybridized carbons (Fsp3) is 0.538. The topological polar surface area (TPSA) is 55.7 Å². The Morgan fingerprint density at radius 3 is 2.44 bits per heavy atom. The lowest BCUT2D eigenvalue weighted by Gasteiger charge is -2.15. The maximum absolute atomic E-state index is 9.20. The number of nitrogens with zero attached hydrogens (tertiary/aromatic N) is 1. The predicted octanol–water partition coefficient (Wildman–Crippen LogP) is 1.07. The van der Waals surface area contributed by atoms with Crippen molar-refractivity contribution in [2.24, 2.45) is 0 Å². The molecular formula is C13H23BN2O2. The number of nitrogens with one attached hydrogen (secondary N) is 1. The number of anilines is 1. The molecule has 18 heavy (non-hydrogen) atoms. The van der Waals surface area contributed by atoms with Crippen LogP contribution in [0.4, 0.5) is 5.69 Å². The summed E-state index contributed by atoms with van der Waals surface area (Å²) < 4.78 is 0. The van der Waals surface area contributed by atoms with Crippen LogP contribution in [-0.2, 0) is 6.42 Å². The quantitative estimate of drug-likeness (QED) is 0.604. The molecule has 0 fully saturated rings. The van der Waals surface area contributed by atoms with Crippen molar-refractivity contribution in [2.75, 3.05) is 32.0 Å². The van der Waals surface area contributed by atoms with Crippen LogP contribution in [0.15, 0.2) is 24.3 Å². The minimum absolute atomic E-state index is 0.254. The molecule has 3 N–H and O–H groups in total. The maximum Gasteiger partial charge on any atom is 0.406 e. The van der Waals surface area contributed by atoms with Gasteiger partial charge in [-0.1, -0.05) is 12.1 Å². The summed E-state index contributed by atoms with van der Waals surface area (Å²) in [5.74, 6) is 0. The van der Waals surface area contributed by atoms with Crippen LogP contribution in [0.5, 0.6) is 0 Å². The van der Waals surface area contributed by atoms with Crippen molar-refractivity contribution in [2.45, 2.75) is 19.7 Å². The van der Waals surface area contributed by atoms with Gasteiger partial charge in [0.05, 0.1) is 0 Å². The van der Waals surface area contributed by atoms with Crippen LogP contribution in [0.3, 0.4) is 0 Å². The largest absolute Gasteiger partial charge is 0.433 e. The van der Waals surface area contributed by atoms with E-state index < -0.39 is 7.05 Å².